The highest BCUT2D eigenvalue weighted by Gasteiger charge is 2.28. The fourth-order valence-electron chi connectivity index (χ4n) is 6.03. The van der Waals surface area contributed by atoms with Crippen molar-refractivity contribution in [2.45, 2.75) is 65.0 Å². The van der Waals surface area contributed by atoms with Crippen LogP contribution in [0.5, 0.6) is 0 Å². The number of hydrogen-bond acceptors (Lipinski definition) is 9. The summed E-state index contributed by atoms with van der Waals surface area (Å²) in [5.41, 5.74) is 3.22. The molecule has 13 heteroatoms. The second kappa shape index (κ2) is 13.5. The third kappa shape index (κ3) is 7.56. The largest absolute Gasteiger partial charge is 0.444 e. The van der Waals surface area contributed by atoms with Gasteiger partial charge < -0.3 is 24.6 Å². The van der Waals surface area contributed by atoms with Crippen molar-refractivity contribution in [1.82, 2.24) is 29.4 Å². The molecule has 6 rings (SSSR count). The zero-order valence-electron chi connectivity index (χ0n) is 28.0. The molecule has 48 heavy (non-hydrogen) atoms. The zero-order valence-corrected chi connectivity index (χ0v) is 28.0. The van der Waals surface area contributed by atoms with E-state index in [1.807, 2.05) is 37.8 Å². The van der Waals surface area contributed by atoms with Crippen LogP contribution in [-0.4, -0.2) is 86.0 Å². The summed E-state index contributed by atoms with van der Waals surface area (Å²) in [4.78, 5) is 34.6. The van der Waals surface area contributed by atoms with Gasteiger partial charge in [0.05, 0.1) is 24.2 Å². The lowest BCUT2D eigenvalue weighted by atomic mass is 9.87. The van der Waals surface area contributed by atoms with E-state index in [1.165, 1.54) is 10.1 Å². The summed E-state index contributed by atoms with van der Waals surface area (Å²) >= 11 is 0. The predicted molar refractivity (Wildman–Crippen MR) is 181 cm³/mol. The molecule has 11 nitrogen and oxygen atoms in total. The Morgan fingerprint density at radius 2 is 1.65 bits per heavy atom. The SMILES string of the molecule is CC(C)(Cc1ccccc1C1=CCN(C(=O)OC(C)(C)C)CC1)Nc1nc(N2CCOCC2)nc(-n2c(C(F)F)nc3ccccc32)n1. The maximum atomic E-state index is 14.3. The molecule has 0 aliphatic carbocycles. The van der Waals surface area contributed by atoms with Gasteiger partial charge in [-0.25, -0.2) is 18.6 Å². The Balaban J connectivity index is 1.29. The van der Waals surface area contributed by atoms with Crippen LogP contribution in [0.1, 0.15) is 64.4 Å². The number of imidazole rings is 1. The van der Waals surface area contributed by atoms with Gasteiger partial charge in [0.25, 0.3) is 6.43 Å². The molecular weight excluding hydrogens is 618 g/mol. The molecule has 4 aromatic rings. The lowest BCUT2D eigenvalue weighted by Gasteiger charge is -2.31. The van der Waals surface area contributed by atoms with E-state index >= 15 is 0 Å². The van der Waals surface area contributed by atoms with E-state index in [0.29, 0.717) is 69.2 Å². The number of amides is 1. The first kappa shape index (κ1) is 33.3. The van der Waals surface area contributed by atoms with E-state index in [2.05, 4.69) is 47.3 Å². The summed E-state index contributed by atoms with van der Waals surface area (Å²) < 4.78 is 41.0. The molecule has 0 atom stereocenters. The van der Waals surface area contributed by atoms with E-state index in [1.54, 1.807) is 29.2 Å². The number of carbonyl (C=O) groups is 1. The minimum absolute atomic E-state index is 0.0658. The summed E-state index contributed by atoms with van der Waals surface area (Å²) in [6.07, 6.45) is 0.259. The topological polar surface area (TPSA) is 111 Å². The molecule has 2 aliphatic rings. The highest BCUT2D eigenvalue weighted by Crippen LogP contribution is 2.31. The number of nitrogens with one attached hydrogen (secondary N) is 1. The van der Waals surface area contributed by atoms with E-state index in [9.17, 15) is 13.6 Å². The minimum atomic E-state index is -2.84. The molecule has 2 aliphatic heterocycles. The summed E-state index contributed by atoms with van der Waals surface area (Å²) in [6.45, 7) is 12.9. The Kier molecular flexibility index (Phi) is 9.33. The van der Waals surface area contributed by atoms with Gasteiger partial charge in [-0.05, 0) is 76.3 Å². The molecule has 254 valence electrons. The maximum Gasteiger partial charge on any atom is 0.410 e. The molecule has 0 radical (unpaired) electrons. The first-order chi connectivity index (χ1) is 22.9. The fraction of sp³-hybridized carbons (Fsp3) is 0.457. The van der Waals surface area contributed by atoms with Gasteiger partial charge in [0, 0.05) is 31.7 Å². The average Bonchev–Trinajstić information content (AvgIpc) is 3.44. The van der Waals surface area contributed by atoms with Crippen LogP contribution in [0, 0.1) is 0 Å². The van der Waals surface area contributed by atoms with Crippen molar-refractivity contribution in [2.75, 3.05) is 49.6 Å². The lowest BCUT2D eigenvalue weighted by Crippen LogP contribution is -2.39. The number of morpholine rings is 1. The zero-order chi connectivity index (χ0) is 34.1. The van der Waals surface area contributed by atoms with Gasteiger partial charge in [-0.15, -0.1) is 0 Å². The number of aromatic nitrogens is 5. The number of alkyl halides is 2. The lowest BCUT2D eigenvalue weighted by molar-refractivity contribution is 0.0270. The molecule has 2 aromatic carbocycles. The predicted octanol–water partition coefficient (Wildman–Crippen LogP) is 6.44. The first-order valence-electron chi connectivity index (χ1n) is 16.2. The summed E-state index contributed by atoms with van der Waals surface area (Å²) in [5, 5.41) is 3.49. The van der Waals surface area contributed by atoms with E-state index in [0.717, 1.165) is 11.1 Å². The number of carbonyl (C=O) groups excluding carboxylic acids is 1. The van der Waals surface area contributed by atoms with Crippen molar-refractivity contribution < 1.29 is 23.0 Å². The van der Waals surface area contributed by atoms with Gasteiger partial charge in [-0.1, -0.05) is 42.5 Å². The van der Waals surface area contributed by atoms with Crippen LogP contribution >= 0.6 is 0 Å². The highest BCUT2D eigenvalue weighted by molar-refractivity contribution is 5.78. The Hall–Kier alpha value is -4.65. The summed E-state index contributed by atoms with van der Waals surface area (Å²) in [7, 11) is 0. The van der Waals surface area contributed by atoms with E-state index < -0.39 is 23.4 Å². The molecule has 0 bridgehead atoms. The Morgan fingerprint density at radius 3 is 2.35 bits per heavy atom. The first-order valence-corrected chi connectivity index (χ1v) is 16.2. The van der Waals surface area contributed by atoms with Crippen molar-refractivity contribution in [3.63, 3.8) is 0 Å². The standard InChI is InChI=1S/C35H42F2N8O3/c1-34(2,3)48-33(46)44-16-14-23(15-17-44)25-11-7-6-10-24(25)22-35(4,5)42-30-39-31(43-18-20-47-21-19-43)41-32(40-30)45-27-13-9-8-12-26(27)38-29(45)28(36)37/h6-14,28H,15-22H2,1-5H3,(H,39,40,41,42). The molecular formula is C35H42F2N8O3. The Labute approximate surface area is 279 Å². The number of hydrogen-bond donors (Lipinski definition) is 1. The fourth-order valence-corrected chi connectivity index (χ4v) is 6.03. The van der Waals surface area contributed by atoms with Gasteiger partial charge >= 0.3 is 6.09 Å². The van der Waals surface area contributed by atoms with Crippen LogP contribution in [0.25, 0.3) is 22.6 Å². The summed E-state index contributed by atoms with van der Waals surface area (Å²) in [6, 6.07) is 15.2. The van der Waals surface area contributed by atoms with Gasteiger partial charge in [-0.2, -0.15) is 15.0 Å². The number of anilines is 2. The highest BCUT2D eigenvalue weighted by atomic mass is 19.3. The van der Waals surface area contributed by atoms with Crippen molar-refractivity contribution in [2.24, 2.45) is 0 Å². The normalized spacial score (nSPS) is 16.0. The number of ether oxygens (including phenoxy) is 2. The van der Waals surface area contributed by atoms with Crippen molar-refractivity contribution >= 4 is 34.6 Å². The molecule has 1 fully saturated rings. The van der Waals surface area contributed by atoms with Crippen LogP contribution in [0.15, 0.2) is 54.6 Å². The minimum Gasteiger partial charge on any atom is -0.444 e. The van der Waals surface area contributed by atoms with Crippen LogP contribution < -0.4 is 10.2 Å². The van der Waals surface area contributed by atoms with Crippen LogP contribution in [-0.2, 0) is 15.9 Å². The number of nitrogens with zero attached hydrogens (tertiary/aromatic N) is 7. The average molecular weight is 661 g/mol. The molecule has 0 saturated carbocycles. The van der Waals surface area contributed by atoms with E-state index in [-0.39, 0.29) is 18.0 Å². The van der Waals surface area contributed by atoms with Gasteiger partial charge in [-0.3, -0.25) is 4.57 Å². The van der Waals surface area contributed by atoms with Crippen LogP contribution in [0.4, 0.5) is 25.5 Å². The number of rotatable bonds is 8. The smallest absolute Gasteiger partial charge is 0.410 e. The number of fused-ring (bicyclic) bond motifs is 1. The molecule has 0 spiro atoms. The van der Waals surface area contributed by atoms with Crippen LogP contribution in [0.3, 0.4) is 0 Å². The molecule has 1 saturated heterocycles. The molecule has 4 heterocycles. The van der Waals surface area contributed by atoms with Crippen molar-refractivity contribution in [1.29, 1.82) is 0 Å². The Morgan fingerprint density at radius 1 is 0.938 bits per heavy atom. The van der Waals surface area contributed by atoms with Gasteiger partial charge in [0.1, 0.15) is 5.60 Å². The second-order valence-electron chi connectivity index (χ2n) is 13.7. The molecule has 2 aromatic heterocycles. The molecule has 0 unspecified atom stereocenters. The van der Waals surface area contributed by atoms with Gasteiger partial charge in [0.2, 0.25) is 17.8 Å². The third-order valence-electron chi connectivity index (χ3n) is 8.19. The van der Waals surface area contributed by atoms with Crippen molar-refractivity contribution in [3.8, 4) is 5.95 Å². The van der Waals surface area contributed by atoms with Gasteiger partial charge in [0.15, 0.2) is 5.82 Å². The Bertz CT molecular complexity index is 1810. The number of benzene rings is 2. The monoisotopic (exact) mass is 660 g/mol. The van der Waals surface area contributed by atoms with E-state index in [4.69, 9.17) is 19.4 Å². The van der Waals surface area contributed by atoms with Crippen LogP contribution in [0.2, 0.25) is 0 Å². The quantitative estimate of drug-likeness (QED) is 0.228. The number of para-hydroxylation sites is 2. The molecule has 1 N–H and O–H groups in total. The number of halogens is 2. The summed E-state index contributed by atoms with van der Waals surface area (Å²) in [5.74, 6) is 0.283. The third-order valence-corrected chi connectivity index (χ3v) is 8.19. The second-order valence-corrected chi connectivity index (χ2v) is 13.7. The molecule has 1 amide bonds. The van der Waals surface area contributed by atoms with Crippen molar-refractivity contribution in [3.05, 3.63) is 71.6 Å². The maximum absolute atomic E-state index is 14.3.